The second-order valence-corrected chi connectivity index (χ2v) is 5.11. The number of aliphatic hydroxyl groups is 1. The average Bonchev–Trinajstić information content (AvgIpc) is 2.90. The van der Waals surface area contributed by atoms with Gasteiger partial charge in [-0.1, -0.05) is 0 Å². The standard InChI is InChI=1S/C13H21N5O3.ClH/c1-16-11-10(12(20)17(2)13(16)21)18(9-15-11)7-3-5-14-6-4-8-19;/h9,14,19H,3-8H2,1-2H3;1H. The summed E-state index contributed by atoms with van der Waals surface area (Å²) in [7, 11) is 3.09. The summed E-state index contributed by atoms with van der Waals surface area (Å²) in [4.78, 5) is 28.2. The highest BCUT2D eigenvalue weighted by molar-refractivity contribution is 5.69. The van der Waals surface area contributed by atoms with Gasteiger partial charge >= 0.3 is 5.69 Å². The van der Waals surface area contributed by atoms with Gasteiger partial charge in [-0.15, -0.1) is 0 Å². The van der Waals surface area contributed by atoms with Gasteiger partial charge in [0.15, 0.2) is 11.2 Å². The van der Waals surface area contributed by atoms with Crippen molar-refractivity contribution in [1.29, 1.82) is 0 Å². The molecule has 0 unspecified atom stereocenters. The Morgan fingerprint density at radius 3 is 2.55 bits per heavy atom. The molecule has 124 valence electrons. The van der Waals surface area contributed by atoms with Crippen LogP contribution in [0.4, 0.5) is 0 Å². The van der Waals surface area contributed by atoms with Crippen molar-refractivity contribution in [3.05, 3.63) is 27.2 Å². The average molecular weight is 332 g/mol. The van der Waals surface area contributed by atoms with Crippen LogP contribution in [0.5, 0.6) is 0 Å². The maximum atomic E-state index is 12.2. The molecule has 22 heavy (non-hydrogen) atoms. The highest BCUT2D eigenvalue weighted by Crippen LogP contribution is 2.05. The smallest absolute Gasteiger partial charge is 0.332 e. The van der Waals surface area contributed by atoms with Crippen LogP contribution in [0.2, 0.25) is 0 Å². The lowest BCUT2D eigenvalue weighted by molar-refractivity contribution is -0.655. The molecule has 0 bridgehead atoms. The minimum absolute atomic E-state index is 0. The first-order valence-corrected chi connectivity index (χ1v) is 7.11. The molecule has 8 nitrogen and oxygen atoms in total. The van der Waals surface area contributed by atoms with E-state index in [1.165, 1.54) is 11.6 Å². The topological polar surface area (TPSA) is 98.7 Å². The monoisotopic (exact) mass is 331 g/mol. The Labute approximate surface area is 133 Å². The molecule has 2 heterocycles. The van der Waals surface area contributed by atoms with Gasteiger partial charge in [-0.25, -0.2) is 9.78 Å². The van der Waals surface area contributed by atoms with Crippen molar-refractivity contribution in [2.24, 2.45) is 14.1 Å². The summed E-state index contributed by atoms with van der Waals surface area (Å²) in [5.74, 6) is 0. The van der Waals surface area contributed by atoms with Crippen LogP contribution in [0.1, 0.15) is 12.8 Å². The summed E-state index contributed by atoms with van der Waals surface area (Å²) < 4.78 is 4.30. The lowest BCUT2D eigenvalue weighted by Crippen LogP contribution is -3.00. The second kappa shape index (κ2) is 8.11. The minimum Gasteiger partial charge on any atom is -1.00 e. The van der Waals surface area contributed by atoms with Crippen LogP contribution in [-0.2, 0) is 20.6 Å². The van der Waals surface area contributed by atoms with Crippen LogP contribution >= 0.6 is 0 Å². The second-order valence-electron chi connectivity index (χ2n) is 5.11. The highest BCUT2D eigenvalue weighted by atomic mass is 35.5. The summed E-state index contributed by atoms with van der Waals surface area (Å²) in [5.41, 5.74) is 0.215. The van der Waals surface area contributed by atoms with E-state index in [2.05, 4.69) is 10.3 Å². The van der Waals surface area contributed by atoms with E-state index in [-0.39, 0.29) is 30.3 Å². The Kier molecular flexibility index (Phi) is 6.79. The SMILES string of the molecule is Cn1c(=O)c2c(ncn2CCC[NH2+]CCCO)n(C)c1=O.[Cl-]. The van der Waals surface area contributed by atoms with E-state index < -0.39 is 0 Å². The van der Waals surface area contributed by atoms with Gasteiger partial charge < -0.3 is 27.4 Å². The van der Waals surface area contributed by atoms with Crippen LogP contribution in [0.15, 0.2) is 15.9 Å². The number of hydrogen-bond donors (Lipinski definition) is 2. The van der Waals surface area contributed by atoms with Gasteiger partial charge in [0.25, 0.3) is 5.56 Å². The molecule has 2 rings (SSSR count). The molecule has 0 spiro atoms. The molecule has 0 aliphatic rings. The first-order valence-electron chi connectivity index (χ1n) is 7.11. The summed E-state index contributed by atoms with van der Waals surface area (Å²) in [6.07, 6.45) is 3.29. The molecule has 2 aromatic rings. The number of aromatic nitrogens is 4. The molecule has 0 aromatic carbocycles. The number of aliphatic hydroxyl groups excluding tert-OH is 1. The summed E-state index contributed by atoms with van der Waals surface area (Å²) in [6, 6.07) is 0. The number of hydrogen-bond acceptors (Lipinski definition) is 4. The van der Waals surface area contributed by atoms with E-state index in [4.69, 9.17) is 5.11 Å². The van der Waals surface area contributed by atoms with Gasteiger partial charge in [0.1, 0.15) is 0 Å². The quantitative estimate of drug-likeness (QED) is 0.495. The number of aryl methyl sites for hydroxylation is 2. The lowest BCUT2D eigenvalue weighted by atomic mass is 10.3. The number of imidazole rings is 1. The van der Waals surface area contributed by atoms with E-state index in [1.54, 1.807) is 17.9 Å². The first-order chi connectivity index (χ1) is 10.1. The third-order valence-corrected chi connectivity index (χ3v) is 3.59. The predicted octanol–water partition coefficient (Wildman–Crippen LogP) is -5.23. The van der Waals surface area contributed by atoms with E-state index in [0.717, 1.165) is 30.5 Å². The number of nitrogens with zero attached hydrogens (tertiary/aromatic N) is 4. The summed E-state index contributed by atoms with van der Waals surface area (Å²) in [5, 5.41) is 10.8. The summed E-state index contributed by atoms with van der Waals surface area (Å²) in [6.45, 7) is 2.72. The molecule has 0 saturated carbocycles. The first kappa shape index (κ1) is 18.4. The van der Waals surface area contributed by atoms with E-state index in [0.29, 0.717) is 17.7 Å². The fraction of sp³-hybridized carbons (Fsp3) is 0.615. The largest absolute Gasteiger partial charge is 1.00 e. The van der Waals surface area contributed by atoms with Crippen LogP contribution in [0.3, 0.4) is 0 Å². The van der Waals surface area contributed by atoms with Crippen LogP contribution in [-0.4, -0.2) is 43.5 Å². The number of nitrogens with two attached hydrogens (primary N) is 1. The van der Waals surface area contributed by atoms with E-state index in [9.17, 15) is 9.59 Å². The molecule has 0 fully saturated rings. The number of rotatable bonds is 7. The lowest BCUT2D eigenvalue weighted by Gasteiger charge is -2.06. The van der Waals surface area contributed by atoms with Crippen molar-refractivity contribution in [3.8, 4) is 0 Å². The molecule has 3 N–H and O–H groups in total. The van der Waals surface area contributed by atoms with E-state index in [1.807, 2.05) is 0 Å². The van der Waals surface area contributed by atoms with Crippen molar-refractivity contribution in [3.63, 3.8) is 0 Å². The van der Waals surface area contributed by atoms with Gasteiger partial charge in [0.05, 0.1) is 19.4 Å². The van der Waals surface area contributed by atoms with Crippen molar-refractivity contribution in [1.82, 2.24) is 18.7 Å². The molecule has 0 saturated heterocycles. The van der Waals surface area contributed by atoms with Gasteiger partial charge in [-0.3, -0.25) is 13.9 Å². The van der Waals surface area contributed by atoms with Gasteiger partial charge in [-0.05, 0) is 0 Å². The van der Waals surface area contributed by atoms with Gasteiger partial charge in [-0.2, -0.15) is 0 Å². The van der Waals surface area contributed by atoms with Crippen LogP contribution in [0.25, 0.3) is 11.2 Å². The van der Waals surface area contributed by atoms with Gasteiger partial charge in [0.2, 0.25) is 0 Å². The van der Waals surface area contributed by atoms with Crippen molar-refractivity contribution in [2.75, 3.05) is 19.7 Å². The van der Waals surface area contributed by atoms with E-state index >= 15 is 0 Å². The normalized spacial score (nSPS) is 10.9. The Hall–Kier alpha value is -1.64. The van der Waals surface area contributed by atoms with Crippen molar-refractivity contribution >= 4 is 11.2 Å². The van der Waals surface area contributed by atoms with Crippen LogP contribution < -0.4 is 29.0 Å². The Morgan fingerprint density at radius 1 is 1.18 bits per heavy atom. The Morgan fingerprint density at radius 2 is 1.86 bits per heavy atom. The Bertz CT molecular complexity index is 734. The molecular formula is C13H22ClN5O3. The molecule has 0 aliphatic carbocycles. The molecule has 2 aromatic heterocycles. The molecular weight excluding hydrogens is 310 g/mol. The predicted molar refractivity (Wildman–Crippen MR) is 78.2 cm³/mol. The molecule has 0 radical (unpaired) electrons. The summed E-state index contributed by atoms with van der Waals surface area (Å²) >= 11 is 0. The third kappa shape index (κ3) is 3.57. The van der Waals surface area contributed by atoms with Crippen LogP contribution in [0, 0.1) is 0 Å². The molecule has 9 heteroatoms. The Balaban J connectivity index is 0.00000242. The fourth-order valence-electron chi connectivity index (χ4n) is 2.35. The molecule has 0 aliphatic heterocycles. The molecule has 0 atom stereocenters. The minimum atomic E-state index is -0.366. The third-order valence-electron chi connectivity index (χ3n) is 3.59. The fourth-order valence-corrected chi connectivity index (χ4v) is 2.35. The zero-order valence-corrected chi connectivity index (χ0v) is 13.6. The maximum Gasteiger partial charge on any atom is 0.332 e. The van der Waals surface area contributed by atoms with Crippen molar-refractivity contribution in [2.45, 2.75) is 19.4 Å². The molecule has 0 amide bonds. The zero-order valence-electron chi connectivity index (χ0n) is 12.8. The maximum absolute atomic E-state index is 12.2. The zero-order chi connectivity index (χ0) is 15.4. The highest BCUT2D eigenvalue weighted by Gasteiger charge is 2.13. The van der Waals surface area contributed by atoms with Crippen molar-refractivity contribution < 1.29 is 22.8 Å². The number of halogens is 1. The number of quaternary nitrogens is 1. The number of fused-ring (bicyclic) bond motifs is 1. The van der Waals surface area contributed by atoms with Gasteiger partial charge in [0, 0.05) is 40.1 Å².